The minimum absolute atomic E-state index is 0.273. The highest BCUT2D eigenvalue weighted by Gasteiger charge is 2.31. The summed E-state index contributed by atoms with van der Waals surface area (Å²) in [6.07, 6.45) is 4.45. The number of hydrogen-bond acceptors (Lipinski definition) is 4. The Morgan fingerprint density at radius 3 is 2.78 bits per heavy atom. The fourth-order valence-corrected chi connectivity index (χ4v) is 2.93. The second-order valence-corrected chi connectivity index (χ2v) is 6.29. The highest BCUT2D eigenvalue weighted by molar-refractivity contribution is 4.87. The zero-order valence-corrected chi connectivity index (χ0v) is 11.8. The van der Waals surface area contributed by atoms with Crippen LogP contribution in [0.1, 0.15) is 32.6 Å². The van der Waals surface area contributed by atoms with Gasteiger partial charge in [0.25, 0.3) is 0 Å². The van der Waals surface area contributed by atoms with Gasteiger partial charge in [-0.05, 0) is 38.6 Å². The molecule has 1 saturated heterocycles. The summed E-state index contributed by atoms with van der Waals surface area (Å²) >= 11 is 0. The Morgan fingerprint density at radius 2 is 2.11 bits per heavy atom. The summed E-state index contributed by atoms with van der Waals surface area (Å²) in [6.45, 7) is 6.68. The van der Waals surface area contributed by atoms with Gasteiger partial charge in [-0.15, -0.1) is 0 Å². The minimum Gasteiger partial charge on any atom is -0.389 e. The van der Waals surface area contributed by atoms with Crippen molar-refractivity contribution in [1.29, 1.82) is 0 Å². The van der Waals surface area contributed by atoms with E-state index in [1.807, 2.05) is 0 Å². The first-order valence-electron chi connectivity index (χ1n) is 7.31. The van der Waals surface area contributed by atoms with Crippen molar-refractivity contribution in [2.45, 2.75) is 44.3 Å². The molecule has 1 atom stereocenters. The van der Waals surface area contributed by atoms with E-state index in [0.29, 0.717) is 6.54 Å². The van der Waals surface area contributed by atoms with Crippen LogP contribution >= 0.6 is 0 Å². The highest BCUT2D eigenvalue weighted by Crippen LogP contribution is 2.31. The maximum Gasteiger partial charge on any atom is 0.0826 e. The van der Waals surface area contributed by atoms with E-state index in [2.05, 4.69) is 24.2 Å². The van der Waals surface area contributed by atoms with Crippen LogP contribution in [0.15, 0.2) is 0 Å². The number of nitrogens with zero attached hydrogens (tertiary/aromatic N) is 1. The molecule has 0 radical (unpaired) electrons. The molecule has 0 aromatic heterocycles. The van der Waals surface area contributed by atoms with Crippen LogP contribution < -0.4 is 5.32 Å². The molecule has 2 rings (SSSR count). The topological polar surface area (TPSA) is 44.7 Å². The van der Waals surface area contributed by atoms with Gasteiger partial charge in [0.1, 0.15) is 0 Å². The first-order chi connectivity index (χ1) is 8.57. The van der Waals surface area contributed by atoms with E-state index < -0.39 is 5.60 Å². The molecule has 0 bridgehead atoms. The van der Waals surface area contributed by atoms with Crippen LogP contribution in [0.3, 0.4) is 0 Å². The third kappa shape index (κ3) is 4.19. The van der Waals surface area contributed by atoms with Crippen LogP contribution in [-0.2, 0) is 4.74 Å². The Labute approximate surface area is 111 Å². The van der Waals surface area contributed by atoms with Crippen molar-refractivity contribution >= 4 is 0 Å². The molecule has 1 heterocycles. The molecule has 2 N–H and O–H groups in total. The van der Waals surface area contributed by atoms with E-state index >= 15 is 0 Å². The van der Waals surface area contributed by atoms with Crippen molar-refractivity contribution in [2.24, 2.45) is 5.92 Å². The summed E-state index contributed by atoms with van der Waals surface area (Å²) in [4.78, 5) is 2.30. The average molecular weight is 256 g/mol. The van der Waals surface area contributed by atoms with Crippen molar-refractivity contribution in [3.05, 3.63) is 0 Å². The third-order valence-electron chi connectivity index (χ3n) is 4.37. The van der Waals surface area contributed by atoms with Crippen molar-refractivity contribution in [2.75, 3.05) is 39.8 Å². The van der Waals surface area contributed by atoms with Gasteiger partial charge in [0.15, 0.2) is 0 Å². The average Bonchev–Trinajstić information content (AvgIpc) is 2.34. The summed E-state index contributed by atoms with van der Waals surface area (Å²) in [5.74, 6) is 0.778. The maximum atomic E-state index is 10.5. The molecule has 18 heavy (non-hydrogen) atoms. The molecular formula is C14H28N2O2. The summed E-state index contributed by atoms with van der Waals surface area (Å²) in [5.41, 5.74) is -0.479. The van der Waals surface area contributed by atoms with Gasteiger partial charge >= 0.3 is 0 Å². The van der Waals surface area contributed by atoms with Crippen molar-refractivity contribution in [1.82, 2.24) is 10.2 Å². The number of hydrogen-bond donors (Lipinski definition) is 2. The quantitative estimate of drug-likeness (QED) is 0.783. The van der Waals surface area contributed by atoms with Gasteiger partial charge in [0.05, 0.1) is 18.3 Å². The fourth-order valence-electron chi connectivity index (χ4n) is 2.93. The van der Waals surface area contributed by atoms with Crippen LogP contribution in [0.2, 0.25) is 0 Å². The molecule has 1 aliphatic carbocycles. The lowest BCUT2D eigenvalue weighted by molar-refractivity contribution is -0.0303. The van der Waals surface area contributed by atoms with Gasteiger partial charge in [0, 0.05) is 26.2 Å². The first-order valence-corrected chi connectivity index (χ1v) is 7.31. The van der Waals surface area contributed by atoms with Gasteiger partial charge < -0.3 is 20.1 Å². The van der Waals surface area contributed by atoms with Gasteiger partial charge in [-0.25, -0.2) is 0 Å². The second-order valence-electron chi connectivity index (χ2n) is 6.29. The van der Waals surface area contributed by atoms with Gasteiger partial charge in [-0.3, -0.25) is 0 Å². The lowest BCUT2D eigenvalue weighted by atomic mass is 9.79. The molecule has 0 spiro atoms. The van der Waals surface area contributed by atoms with Gasteiger partial charge in [0.2, 0.25) is 0 Å². The molecule has 2 fully saturated rings. The minimum atomic E-state index is -0.479. The Morgan fingerprint density at radius 1 is 1.39 bits per heavy atom. The lowest BCUT2D eigenvalue weighted by Gasteiger charge is -2.36. The highest BCUT2D eigenvalue weighted by atomic mass is 16.5. The summed E-state index contributed by atoms with van der Waals surface area (Å²) in [6, 6.07) is 0. The Bertz CT molecular complexity index is 252. The zero-order chi connectivity index (χ0) is 13.0. The number of likely N-dealkylation sites (N-methyl/N-ethyl adjacent to an activating group) is 1. The fraction of sp³-hybridized carbons (Fsp3) is 1.00. The summed E-state index contributed by atoms with van der Waals surface area (Å²) in [7, 11) is 2.13. The molecule has 0 amide bonds. The predicted octanol–water partition coefficient (Wildman–Crippen LogP) is 0.848. The SMILES string of the molecule is CC1CCC(O)(CNCC2CN(C)CCO2)CC1. The zero-order valence-electron chi connectivity index (χ0n) is 11.8. The third-order valence-corrected chi connectivity index (χ3v) is 4.37. The van der Waals surface area contributed by atoms with E-state index in [0.717, 1.165) is 57.8 Å². The molecule has 106 valence electrons. The van der Waals surface area contributed by atoms with Crippen LogP contribution in [0.25, 0.3) is 0 Å². The van der Waals surface area contributed by atoms with E-state index in [-0.39, 0.29) is 6.10 Å². The van der Waals surface area contributed by atoms with Crippen LogP contribution in [-0.4, -0.2) is 61.5 Å². The van der Waals surface area contributed by atoms with Crippen molar-refractivity contribution in [3.8, 4) is 0 Å². The molecular weight excluding hydrogens is 228 g/mol. The molecule has 0 aromatic carbocycles. The molecule has 1 aliphatic heterocycles. The van der Waals surface area contributed by atoms with Crippen LogP contribution in [0.4, 0.5) is 0 Å². The second kappa shape index (κ2) is 6.33. The Kier molecular flexibility index (Phi) is 5.01. The summed E-state index contributed by atoms with van der Waals surface area (Å²) < 4.78 is 5.70. The summed E-state index contributed by atoms with van der Waals surface area (Å²) in [5, 5.41) is 13.9. The van der Waals surface area contributed by atoms with E-state index in [9.17, 15) is 5.11 Å². The van der Waals surface area contributed by atoms with Crippen LogP contribution in [0.5, 0.6) is 0 Å². The smallest absolute Gasteiger partial charge is 0.0826 e. The first kappa shape index (κ1) is 14.3. The van der Waals surface area contributed by atoms with E-state index in [1.165, 1.54) is 0 Å². The lowest BCUT2D eigenvalue weighted by Crippen LogP contribution is -2.49. The van der Waals surface area contributed by atoms with Crippen LogP contribution in [0, 0.1) is 5.92 Å². The number of aliphatic hydroxyl groups is 1. The van der Waals surface area contributed by atoms with Gasteiger partial charge in [-0.1, -0.05) is 6.92 Å². The standard InChI is InChI=1S/C14H28N2O2/c1-12-3-5-14(17,6-4-12)11-15-9-13-10-16(2)7-8-18-13/h12-13,15,17H,3-11H2,1-2H3. The Balaban J connectivity index is 1.65. The monoisotopic (exact) mass is 256 g/mol. The molecule has 1 saturated carbocycles. The molecule has 0 aromatic rings. The van der Waals surface area contributed by atoms with E-state index in [1.54, 1.807) is 0 Å². The number of rotatable bonds is 4. The van der Waals surface area contributed by atoms with Crippen molar-refractivity contribution < 1.29 is 9.84 Å². The predicted molar refractivity (Wildman–Crippen MR) is 72.7 cm³/mol. The number of ether oxygens (including phenoxy) is 1. The number of morpholine rings is 1. The Hall–Kier alpha value is -0.160. The molecule has 2 aliphatic rings. The van der Waals surface area contributed by atoms with E-state index in [4.69, 9.17) is 4.74 Å². The maximum absolute atomic E-state index is 10.5. The largest absolute Gasteiger partial charge is 0.389 e. The molecule has 1 unspecified atom stereocenters. The number of nitrogens with one attached hydrogen (secondary N) is 1. The molecule has 4 heteroatoms. The molecule has 4 nitrogen and oxygen atoms in total. The van der Waals surface area contributed by atoms with Gasteiger partial charge in [-0.2, -0.15) is 0 Å². The normalized spacial score (nSPS) is 38.8. The van der Waals surface area contributed by atoms with Crippen molar-refractivity contribution in [3.63, 3.8) is 0 Å².